The molecule has 0 fully saturated rings. The first-order valence-electron chi connectivity index (χ1n) is 10.6. The number of carbonyl (C=O) groups excluding carboxylic acids is 1. The molecular formula is C25H23N3O3. The number of hydrogen-bond donors (Lipinski definition) is 0. The van der Waals surface area contributed by atoms with Gasteiger partial charge in [0.2, 0.25) is 0 Å². The average molecular weight is 413 g/mol. The molecule has 6 nitrogen and oxygen atoms in total. The summed E-state index contributed by atoms with van der Waals surface area (Å²) in [6, 6.07) is 14.6. The van der Waals surface area contributed by atoms with E-state index in [-0.39, 0.29) is 12.2 Å². The van der Waals surface area contributed by atoms with Crippen molar-refractivity contribution in [3.63, 3.8) is 0 Å². The Morgan fingerprint density at radius 3 is 2.87 bits per heavy atom. The van der Waals surface area contributed by atoms with E-state index in [1.165, 1.54) is 6.07 Å². The third kappa shape index (κ3) is 3.48. The summed E-state index contributed by atoms with van der Waals surface area (Å²) in [5.74, 6) is 0.0997. The number of aromatic nitrogens is 3. The number of fused-ring (bicyclic) bond motifs is 3. The van der Waals surface area contributed by atoms with Crippen LogP contribution in [0.15, 0.2) is 53.3 Å². The predicted octanol–water partition coefficient (Wildman–Crippen LogP) is 4.03. The van der Waals surface area contributed by atoms with E-state index in [4.69, 9.17) is 9.72 Å². The number of benzene rings is 1. The van der Waals surface area contributed by atoms with E-state index in [0.29, 0.717) is 22.8 Å². The van der Waals surface area contributed by atoms with E-state index >= 15 is 0 Å². The Kier molecular flexibility index (Phi) is 4.77. The second kappa shape index (κ2) is 7.61. The normalized spacial score (nSPS) is 15.7. The second-order valence-corrected chi connectivity index (χ2v) is 8.30. The Labute approximate surface area is 179 Å². The maximum Gasteiger partial charge on any atom is 0.339 e. The number of carbonyl (C=O) groups is 1. The van der Waals surface area contributed by atoms with Gasteiger partial charge in [0.1, 0.15) is 12.3 Å². The smallest absolute Gasteiger partial charge is 0.339 e. The van der Waals surface area contributed by atoms with Crippen LogP contribution in [0.25, 0.3) is 16.6 Å². The summed E-state index contributed by atoms with van der Waals surface area (Å²) in [4.78, 5) is 35.1. The second-order valence-electron chi connectivity index (χ2n) is 8.30. The Balaban J connectivity index is 1.51. The summed E-state index contributed by atoms with van der Waals surface area (Å²) in [6.45, 7) is 4.00. The fourth-order valence-corrected chi connectivity index (χ4v) is 4.44. The molecule has 4 aromatic rings. The maximum absolute atomic E-state index is 13.3. The first-order chi connectivity index (χ1) is 15.0. The van der Waals surface area contributed by atoms with Gasteiger partial charge < -0.3 is 4.74 Å². The molecule has 31 heavy (non-hydrogen) atoms. The minimum absolute atomic E-state index is 0.0561. The van der Waals surface area contributed by atoms with Gasteiger partial charge in [-0.05, 0) is 55.9 Å². The van der Waals surface area contributed by atoms with Crippen molar-refractivity contribution < 1.29 is 9.53 Å². The van der Waals surface area contributed by atoms with Gasteiger partial charge >= 0.3 is 5.97 Å². The van der Waals surface area contributed by atoms with Crippen LogP contribution in [0.3, 0.4) is 0 Å². The Hall–Kier alpha value is -3.54. The number of para-hydroxylation sites is 1. The third-order valence-corrected chi connectivity index (χ3v) is 5.99. The van der Waals surface area contributed by atoms with Gasteiger partial charge in [0, 0.05) is 22.8 Å². The van der Waals surface area contributed by atoms with Crippen LogP contribution in [0.1, 0.15) is 46.3 Å². The monoisotopic (exact) mass is 413 g/mol. The molecule has 0 unspecified atom stereocenters. The molecule has 0 saturated carbocycles. The van der Waals surface area contributed by atoms with Crippen LogP contribution in [0, 0.1) is 12.8 Å². The van der Waals surface area contributed by atoms with Gasteiger partial charge in [0.25, 0.3) is 5.56 Å². The molecule has 156 valence electrons. The van der Waals surface area contributed by atoms with Gasteiger partial charge in [-0.3, -0.25) is 14.2 Å². The molecule has 1 aliphatic rings. The van der Waals surface area contributed by atoms with Gasteiger partial charge in [0.15, 0.2) is 0 Å². The summed E-state index contributed by atoms with van der Waals surface area (Å²) in [5, 5.41) is 0.808. The number of pyridine rings is 2. The van der Waals surface area contributed by atoms with E-state index in [9.17, 15) is 9.59 Å². The zero-order chi connectivity index (χ0) is 21.5. The predicted molar refractivity (Wildman–Crippen MR) is 118 cm³/mol. The van der Waals surface area contributed by atoms with Crippen LogP contribution >= 0.6 is 0 Å². The van der Waals surface area contributed by atoms with Gasteiger partial charge in [0.05, 0.1) is 16.8 Å². The van der Waals surface area contributed by atoms with Crippen molar-refractivity contribution >= 4 is 22.5 Å². The molecule has 0 radical (unpaired) electrons. The standard InChI is InChI=1S/C25H23N3O3/c1-15-10-11-21-19(12-15)24(18-7-3-4-8-20(18)27-21)25(30)31-14-17-13-23(29)28-16(2)6-5-9-22(28)26-17/h3-9,13,15H,10-12,14H2,1-2H3/t15-/m0/s1. The molecule has 0 amide bonds. The number of hydrogen-bond acceptors (Lipinski definition) is 5. The number of nitrogens with zero attached hydrogens (tertiary/aromatic N) is 3. The van der Waals surface area contributed by atoms with Crippen LogP contribution < -0.4 is 5.56 Å². The Morgan fingerprint density at radius 1 is 1.16 bits per heavy atom. The minimum Gasteiger partial charge on any atom is -0.456 e. The molecule has 0 bridgehead atoms. The number of esters is 1. The molecule has 0 N–H and O–H groups in total. The highest BCUT2D eigenvalue weighted by Gasteiger charge is 2.26. The highest BCUT2D eigenvalue weighted by molar-refractivity contribution is 6.05. The van der Waals surface area contributed by atoms with Crippen molar-refractivity contribution in [3.05, 3.63) is 87.1 Å². The van der Waals surface area contributed by atoms with Gasteiger partial charge in [-0.15, -0.1) is 0 Å². The highest BCUT2D eigenvalue weighted by atomic mass is 16.5. The molecular weight excluding hydrogens is 390 g/mol. The summed E-state index contributed by atoms with van der Waals surface area (Å²) in [7, 11) is 0. The number of rotatable bonds is 3. The number of ether oxygens (including phenoxy) is 1. The molecule has 5 rings (SSSR count). The Morgan fingerprint density at radius 2 is 2.00 bits per heavy atom. The quantitative estimate of drug-likeness (QED) is 0.474. The first kappa shape index (κ1) is 19.4. The largest absolute Gasteiger partial charge is 0.456 e. The lowest BCUT2D eigenvalue weighted by Crippen LogP contribution is -2.20. The lowest BCUT2D eigenvalue weighted by Gasteiger charge is -2.24. The van der Waals surface area contributed by atoms with Crippen LogP contribution in [0.5, 0.6) is 0 Å². The van der Waals surface area contributed by atoms with Crippen LogP contribution in [-0.2, 0) is 24.2 Å². The van der Waals surface area contributed by atoms with Crippen molar-refractivity contribution in [2.75, 3.05) is 0 Å². The molecule has 0 spiro atoms. The lowest BCUT2D eigenvalue weighted by atomic mass is 9.84. The van der Waals surface area contributed by atoms with Crippen molar-refractivity contribution in [1.29, 1.82) is 0 Å². The van der Waals surface area contributed by atoms with Gasteiger partial charge in [-0.2, -0.15) is 0 Å². The fourth-order valence-electron chi connectivity index (χ4n) is 4.44. The summed E-state index contributed by atoms with van der Waals surface area (Å²) in [6.07, 6.45) is 2.74. The summed E-state index contributed by atoms with van der Waals surface area (Å²) >= 11 is 0. The average Bonchev–Trinajstić information content (AvgIpc) is 2.76. The van der Waals surface area contributed by atoms with Gasteiger partial charge in [-0.1, -0.05) is 31.2 Å². The lowest BCUT2D eigenvalue weighted by molar-refractivity contribution is 0.0468. The van der Waals surface area contributed by atoms with E-state index in [0.717, 1.165) is 47.1 Å². The van der Waals surface area contributed by atoms with E-state index in [1.807, 2.05) is 43.3 Å². The zero-order valence-electron chi connectivity index (χ0n) is 17.6. The SMILES string of the molecule is Cc1cccc2nc(COC(=O)c3c4c(nc5ccccc35)CC[C@H](C)C4)cc(=O)n12. The molecule has 3 aromatic heterocycles. The third-order valence-electron chi connectivity index (χ3n) is 5.99. The Bertz CT molecular complexity index is 1390. The van der Waals surface area contributed by atoms with Crippen molar-refractivity contribution in [1.82, 2.24) is 14.4 Å². The van der Waals surface area contributed by atoms with Crippen molar-refractivity contribution in [2.24, 2.45) is 5.92 Å². The zero-order valence-corrected chi connectivity index (χ0v) is 17.6. The van der Waals surface area contributed by atoms with E-state index < -0.39 is 5.97 Å². The topological polar surface area (TPSA) is 73.6 Å². The van der Waals surface area contributed by atoms with Gasteiger partial charge in [-0.25, -0.2) is 9.78 Å². The summed E-state index contributed by atoms with van der Waals surface area (Å²) < 4.78 is 7.22. The molecule has 3 heterocycles. The molecule has 1 atom stereocenters. The maximum atomic E-state index is 13.3. The molecule has 1 aromatic carbocycles. The van der Waals surface area contributed by atoms with Crippen LogP contribution in [-0.4, -0.2) is 20.3 Å². The molecule has 0 aliphatic heterocycles. The first-order valence-corrected chi connectivity index (χ1v) is 10.6. The molecule has 1 aliphatic carbocycles. The van der Waals surface area contributed by atoms with Crippen molar-refractivity contribution in [3.8, 4) is 0 Å². The van der Waals surface area contributed by atoms with E-state index in [1.54, 1.807) is 10.5 Å². The number of aryl methyl sites for hydroxylation is 2. The van der Waals surface area contributed by atoms with Crippen LogP contribution in [0.2, 0.25) is 0 Å². The highest BCUT2D eigenvalue weighted by Crippen LogP contribution is 2.32. The van der Waals surface area contributed by atoms with Crippen LogP contribution in [0.4, 0.5) is 0 Å². The fraction of sp³-hybridized carbons (Fsp3) is 0.280. The summed E-state index contributed by atoms with van der Waals surface area (Å²) in [5.41, 5.74) is 4.98. The minimum atomic E-state index is -0.393. The molecule has 0 saturated heterocycles. The van der Waals surface area contributed by atoms with E-state index in [2.05, 4.69) is 11.9 Å². The molecule has 6 heteroatoms. The van der Waals surface area contributed by atoms with Crippen molar-refractivity contribution in [2.45, 2.75) is 39.7 Å².